The largest absolute Gasteiger partial charge is 0.462 e. The zero-order valence-corrected chi connectivity index (χ0v) is 16.4. The highest BCUT2D eigenvalue weighted by Gasteiger charge is 2.26. The standard InChI is InChI=1S/C19H23N3O4S/c1-4-26-19(25)15-12(2)16(17(20)24)27-18(15)21-14(23)11-22(3)10-13-8-6-5-7-9-13/h5-9H,4,10-11H2,1-3H3,(H2,20,24)(H,21,23)/p+1. The van der Waals surface area contributed by atoms with Gasteiger partial charge in [0, 0.05) is 5.56 Å². The van der Waals surface area contributed by atoms with E-state index in [9.17, 15) is 14.4 Å². The molecular weight excluding hydrogens is 366 g/mol. The number of ether oxygens (including phenoxy) is 1. The van der Waals surface area contributed by atoms with Gasteiger partial charge in [-0.1, -0.05) is 30.3 Å². The predicted octanol–water partition coefficient (Wildman–Crippen LogP) is 0.986. The van der Waals surface area contributed by atoms with Crippen LogP contribution in [0.2, 0.25) is 0 Å². The lowest BCUT2D eigenvalue weighted by atomic mass is 10.1. The molecule has 0 saturated carbocycles. The third-order valence-electron chi connectivity index (χ3n) is 3.91. The van der Waals surface area contributed by atoms with Crippen molar-refractivity contribution in [2.75, 3.05) is 25.5 Å². The van der Waals surface area contributed by atoms with E-state index in [4.69, 9.17) is 10.5 Å². The van der Waals surface area contributed by atoms with Crippen LogP contribution >= 0.6 is 11.3 Å². The molecule has 0 radical (unpaired) electrons. The van der Waals surface area contributed by atoms with E-state index in [1.807, 2.05) is 37.4 Å². The zero-order valence-electron chi connectivity index (χ0n) is 15.6. The molecule has 0 fully saturated rings. The Morgan fingerprint density at radius 3 is 2.48 bits per heavy atom. The SMILES string of the molecule is CCOC(=O)c1c(NC(=O)C[NH+](C)Cc2ccccc2)sc(C(N)=O)c1C. The summed E-state index contributed by atoms with van der Waals surface area (Å²) in [6, 6.07) is 9.85. The van der Waals surface area contributed by atoms with Crippen LogP contribution in [0.1, 0.15) is 38.1 Å². The number of carbonyl (C=O) groups is 3. The fraction of sp³-hybridized carbons (Fsp3) is 0.316. The van der Waals surface area contributed by atoms with Crippen molar-refractivity contribution in [2.45, 2.75) is 20.4 Å². The maximum atomic E-state index is 12.4. The molecule has 8 heteroatoms. The number of hydrogen-bond acceptors (Lipinski definition) is 5. The van der Waals surface area contributed by atoms with E-state index < -0.39 is 11.9 Å². The highest BCUT2D eigenvalue weighted by Crippen LogP contribution is 2.33. The molecule has 144 valence electrons. The van der Waals surface area contributed by atoms with Gasteiger partial charge in [0.1, 0.15) is 11.5 Å². The van der Waals surface area contributed by atoms with Crippen molar-refractivity contribution in [2.24, 2.45) is 5.73 Å². The number of likely N-dealkylation sites (N-methyl/N-ethyl adjacent to an activating group) is 1. The second-order valence-electron chi connectivity index (χ2n) is 6.19. The van der Waals surface area contributed by atoms with E-state index in [1.165, 1.54) is 0 Å². The minimum atomic E-state index is -0.643. The first-order valence-electron chi connectivity index (χ1n) is 8.58. The molecule has 2 amide bonds. The molecule has 0 aliphatic rings. The van der Waals surface area contributed by atoms with Crippen molar-refractivity contribution in [1.29, 1.82) is 0 Å². The van der Waals surface area contributed by atoms with Gasteiger partial charge in [-0.2, -0.15) is 0 Å². The van der Waals surface area contributed by atoms with E-state index in [-0.39, 0.29) is 34.5 Å². The molecule has 0 bridgehead atoms. The maximum absolute atomic E-state index is 12.4. The van der Waals surface area contributed by atoms with Crippen molar-refractivity contribution >= 4 is 34.1 Å². The summed E-state index contributed by atoms with van der Waals surface area (Å²) >= 11 is 0.991. The van der Waals surface area contributed by atoms with Gasteiger partial charge in [-0.05, 0) is 19.4 Å². The molecule has 0 aliphatic carbocycles. The van der Waals surface area contributed by atoms with Crippen molar-refractivity contribution < 1.29 is 24.0 Å². The minimum absolute atomic E-state index is 0.185. The smallest absolute Gasteiger partial charge is 0.341 e. The van der Waals surface area contributed by atoms with Gasteiger partial charge in [0.05, 0.1) is 24.1 Å². The molecular formula is C19H24N3O4S+. The number of thiophene rings is 1. The minimum Gasteiger partial charge on any atom is -0.462 e. The molecule has 4 N–H and O–H groups in total. The summed E-state index contributed by atoms with van der Waals surface area (Å²) in [5.74, 6) is -1.49. The highest BCUT2D eigenvalue weighted by molar-refractivity contribution is 7.18. The van der Waals surface area contributed by atoms with E-state index in [1.54, 1.807) is 13.8 Å². The summed E-state index contributed by atoms with van der Waals surface area (Å²) in [5.41, 5.74) is 7.10. The zero-order chi connectivity index (χ0) is 20.0. The molecule has 0 saturated heterocycles. The summed E-state index contributed by atoms with van der Waals surface area (Å²) < 4.78 is 5.04. The lowest BCUT2D eigenvalue weighted by Crippen LogP contribution is -3.08. The average Bonchev–Trinajstić information content (AvgIpc) is 2.92. The first kappa shape index (κ1) is 20.6. The van der Waals surface area contributed by atoms with Crippen molar-refractivity contribution in [1.82, 2.24) is 0 Å². The van der Waals surface area contributed by atoms with Crippen LogP contribution in [0.5, 0.6) is 0 Å². The molecule has 1 aromatic carbocycles. The van der Waals surface area contributed by atoms with Gasteiger partial charge in [0.2, 0.25) is 0 Å². The Hall–Kier alpha value is -2.71. The monoisotopic (exact) mass is 390 g/mol. The Balaban J connectivity index is 2.13. The number of anilines is 1. The second-order valence-corrected chi connectivity index (χ2v) is 7.21. The van der Waals surface area contributed by atoms with E-state index in [2.05, 4.69) is 5.32 Å². The number of nitrogens with two attached hydrogens (primary N) is 1. The second kappa shape index (κ2) is 9.29. The van der Waals surface area contributed by atoms with Crippen LogP contribution in [0.25, 0.3) is 0 Å². The van der Waals surface area contributed by atoms with Crippen LogP contribution < -0.4 is 16.0 Å². The van der Waals surface area contributed by atoms with Crippen LogP contribution in [0.4, 0.5) is 5.00 Å². The number of rotatable bonds is 8. The maximum Gasteiger partial charge on any atom is 0.341 e. The summed E-state index contributed by atoms with van der Waals surface area (Å²) in [7, 11) is 1.91. The lowest BCUT2D eigenvalue weighted by Gasteiger charge is -2.14. The van der Waals surface area contributed by atoms with E-state index >= 15 is 0 Å². The number of primary amides is 1. The lowest BCUT2D eigenvalue weighted by molar-refractivity contribution is -0.885. The molecule has 0 aliphatic heterocycles. The normalized spacial score (nSPS) is 11.7. The van der Waals surface area contributed by atoms with Crippen molar-refractivity contribution in [3.63, 3.8) is 0 Å². The van der Waals surface area contributed by atoms with Crippen LogP contribution in [-0.2, 0) is 16.1 Å². The molecule has 1 atom stereocenters. The van der Waals surface area contributed by atoms with Gasteiger partial charge < -0.3 is 20.7 Å². The predicted molar refractivity (Wildman–Crippen MR) is 104 cm³/mol. The summed E-state index contributed by atoms with van der Waals surface area (Å²) in [4.78, 5) is 37.5. The van der Waals surface area contributed by atoms with Gasteiger partial charge >= 0.3 is 5.97 Å². The van der Waals surface area contributed by atoms with Crippen LogP contribution in [-0.4, -0.2) is 38.0 Å². The van der Waals surface area contributed by atoms with Gasteiger partial charge in [0.25, 0.3) is 11.8 Å². The number of esters is 1. The Labute approximate surface area is 162 Å². The Morgan fingerprint density at radius 1 is 1.22 bits per heavy atom. The quantitative estimate of drug-likeness (QED) is 0.585. The molecule has 27 heavy (non-hydrogen) atoms. The molecule has 0 spiro atoms. The number of amides is 2. The summed E-state index contributed by atoms with van der Waals surface area (Å²) in [6.45, 7) is 4.40. The van der Waals surface area contributed by atoms with Gasteiger partial charge in [-0.3, -0.25) is 9.59 Å². The van der Waals surface area contributed by atoms with E-state index in [0.29, 0.717) is 12.1 Å². The van der Waals surface area contributed by atoms with Gasteiger partial charge in [-0.25, -0.2) is 4.79 Å². The molecule has 2 aromatic rings. The average molecular weight is 390 g/mol. The summed E-state index contributed by atoms with van der Waals surface area (Å²) in [6.07, 6.45) is 0. The van der Waals surface area contributed by atoms with Gasteiger partial charge in [0.15, 0.2) is 6.54 Å². The third-order valence-corrected chi connectivity index (χ3v) is 5.14. The van der Waals surface area contributed by atoms with E-state index in [0.717, 1.165) is 21.8 Å². The third kappa shape index (κ3) is 5.38. The number of nitrogens with one attached hydrogen (secondary N) is 2. The van der Waals surface area contributed by atoms with Crippen LogP contribution in [0.3, 0.4) is 0 Å². The summed E-state index contributed by atoms with van der Waals surface area (Å²) in [5, 5.41) is 3.02. The number of hydrogen-bond donors (Lipinski definition) is 3. The first-order valence-corrected chi connectivity index (χ1v) is 9.40. The Morgan fingerprint density at radius 2 is 1.89 bits per heavy atom. The molecule has 2 rings (SSSR count). The molecule has 1 aromatic heterocycles. The first-order chi connectivity index (χ1) is 12.8. The number of benzene rings is 1. The Kier molecular flexibility index (Phi) is 7.09. The fourth-order valence-corrected chi connectivity index (χ4v) is 3.80. The Bertz CT molecular complexity index is 833. The topological polar surface area (TPSA) is 103 Å². The highest BCUT2D eigenvalue weighted by atomic mass is 32.1. The number of quaternary nitrogens is 1. The van der Waals surface area contributed by atoms with Crippen molar-refractivity contribution in [3.8, 4) is 0 Å². The fourth-order valence-electron chi connectivity index (χ4n) is 2.74. The molecule has 7 nitrogen and oxygen atoms in total. The van der Waals surface area contributed by atoms with Crippen molar-refractivity contribution in [3.05, 3.63) is 51.9 Å². The van der Waals surface area contributed by atoms with Gasteiger partial charge in [-0.15, -0.1) is 11.3 Å². The molecule has 1 unspecified atom stereocenters. The van der Waals surface area contributed by atoms with Crippen LogP contribution in [0.15, 0.2) is 30.3 Å². The molecule has 1 heterocycles. The van der Waals surface area contributed by atoms with Crippen LogP contribution in [0, 0.1) is 6.92 Å². The number of carbonyl (C=O) groups excluding carboxylic acids is 3.